The highest BCUT2D eigenvalue weighted by Gasteiger charge is 2.41. The molecule has 1 N–H and O–H groups in total. The molecule has 2 aromatic rings. The van der Waals surface area contributed by atoms with Gasteiger partial charge in [0.05, 0.1) is 21.4 Å². The molecule has 0 aromatic heterocycles. The lowest BCUT2D eigenvalue weighted by atomic mass is 10.3. The van der Waals surface area contributed by atoms with Gasteiger partial charge in [0.25, 0.3) is 0 Å². The van der Waals surface area contributed by atoms with Crippen molar-refractivity contribution in [3.05, 3.63) is 58.6 Å². The number of carbonyl (C=O) groups is 2. The van der Waals surface area contributed by atoms with E-state index in [4.69, 9.17) is 28.5 Å². The van der Waals surface area contributed by atoms with Crippen molar-refractivity contribution in [2.75, 3.05) is 4.90 Å². The van der Waals surface area contributed by atoms with Gasteiger partial charge in [-0.25, -0.2) is 9.89 Å². The third-order valence-corrected chi connectivity index (χ3v) is 5.56. The number of nitrogens with zero attached hydrogens (tertiary/aromatic N) is 3. The van der Waals surface area contributed by atoms with E-state index in [2.05, 4.69) is 10.3 Å². The van der Waals surface area contributed by atoms with Crippen LogP contribution < -0.4 is 10.2 Å². The maximum Gasteiger partial charge on any atom is 0.247 e. The highest BCUT2D eigenvalue weighted by molar-refractivity contribution is 8.15. The zero-order valence-electron chi connectivity index (χ0n) is 13.7. The number of rotatable bonds is 3. The Bertz CT molecular complexity index is 960. The number of benzene rings is 2. The molecule has 9 heteroatoms. The van der Waals surface area contributed by atoms with Gasteiger partial charge in [-0.3, -0.25) is 14.9 Å². The largest absolute Gasteiger partial charge is 0.274 e. The molecule has 136 valence electrons. The van der Waals surface area contributed by atoms with Crippen LogP contribution in [0.25, 0.3) is 0 Å². The highest BCUT2D eigenvalue weighted by Crippen LogP contribution is 2.37. The minimum atomic E-state index is -0.726. The number of amidine groups is 1. The lowest BCUT2D eigenvalue weighted by molar-refractivity contribution is -0.121. The minimum Gasteiger partial charge on any atom is -0.274 e. The van der Waals surface area contributed by atoms with Gasteiger partial charge in [-0.1, -0.05) is 59.2 Å². The van der Waals surface area contributed by atoms with Crippen LogP contribution in [0, 0.1) is 11.5 Å². The maximum absolute atomic E-state index is 12.8. The SMILES string of the molecule is N#CNC(=Nc1ccccc1)SC1CC(=O)N(c2cccc(Cl)c2Cl)C1=O. The Morgan fingerprint density at radius 2 is 1.93 bits per heavy atom. The third-order valence-electron chi connectivity index (χ3n) is 3.68. The van der Waals surface area contributed by atoms with Crippen molar-refractivity contribution >= 4 is 63.3 Å². The zero-order valence-corrected chi connectivity index (χ0v) is 16.1. The van der Waals surface area contributed by atoms with Gasteiger partial charge in [-0.15, -0.1) is 0 Å². The Kier molecular flexibility index (Phi) is 6.01. The summed E-state index contributed by atoms with van der Waals surface area (Å²) in [6.07, 6.45) is 1.76. The van der Waals surface area contributed by atoms with Gasteiger partial charge in [0.1, 0.15) is 5.25 Å². The van der Waals surface area contributed by atoms with Gasteiger partial charge >= 0.3 is 0 Å². The molecule has 1 fully saturated rings. The Morgan fingerprint density at radius 1 is 1.19 bits per heavy atom. The van der Waals surface area contributed by atoms with Gasteiger partial charge in [-0.2, -0.15) is 5.26 Å². The van der Waals surface area contributed by atoms with E-state index in [1.807, 2.05) is 6.07 Å². The van der Waals surface area contributed by atoms with E-state index in [0.29, 0.717) is 5.69 Å². The van der Waals surface area contributed by atoms with Crippen molar-refractivity contribution in [3.8, 4) is 6.19 Å². The molecule has 1 atom stereocenters. The summed E-state index contributed by atoms with van der Waals surface area (Å²) in [5, 5.41) is 11.3. The third kappa shape index (κ3) is 4.25. The van der Waals surface area contributed by atoms with E-state index in [0.717, 1.165) is 16.7 Å². The summed E-state index contributed by atoms with van der Waals surface area (Å²) in [5.41, 5.74) is 0.867. The fraction of sp³-hybridized carbons (Fsp3) is 0.111. The first-order valence-electron chi connectivity index (χ1n) is 7.77. The van der Waals surface area contributed by atoms with Gasteiger partial charge in [0, 0.05) is 6.42 Å². The first-order chi connectivity index (χ1) is 13.0. The van der Waals surface area contributed by atoms with Crippen molar-refractivity contribution in [1.82, 2.24) is 5.32 Å². The smallest absolute Gasteiger partial charge is 0.247 e. The maximum atomic E-state index is 12.8. The Hall–Kier alpha value is -2.53. The molecule has 1 aliphatic rings. The van der Waals surface area contributed by atoms with Crippen LogP contribution in [0.15, 0.2) is 53.5 Å². The Labute approximate surface area is 169 Å². The Balaban J connectivity index is 1.85. The van der Waals surface area contributed by atoms with E-state index in [9.17, 15) is 9.59 Å². The molecule has 0 radical (unpaired) electrons. The van der Waals surface area contributed by atoms with Gasteiger partial charge < -0.3 is 0 Å². The highest BCUT2D eigenvalue weighted by atomic mass is 35.5. The average Bonchev–Trinajstić information content (AvgIpc) is 2.92. The quantitative estimate of drug-likeness (QED) is 0.266. The molecule has 3 rings (SSSR count). The summed E-state index contributed by atoms with van der Waals surface area (Å²) < 4.78 is 0. The first-order valence-corrected chi connectivity index (χ1v) is 9.41. The molecule has 2 amide bonds. The number of hydrogen-bond acceptors (Lipinski definition) is 5. The number of nitriles is 1. The van der Waals surface area contributed by atoms with E-state index in [1.54, 1.807) is 48.7 Å². The average molecular weight is 419 g/mol. The van der Waals surface area contributed by atoms with Crippen molar-refractivity contribution in [2.24, 2.45) is 4.99 Å². The van der Waals surface area contributed by atoms with E-state index >= 15 is 0 Å². The Morgan fingerprint density at radius 3 is 2.63 bits per heavy atom. The summed E-state index contributed by atoms with van der Waals surface area (Å²) >= 11 is 13.2. The molecule has 1 unspecified atom stereocenters. The predicted octanol–water partition coefficient (Wildman–Crippen LogP) is 4.12. The van der Waals surface area contributed by atoms with Crippen LogP contribution in [0.2, 0.25) is 10.0 Å². The molecule has 1 aliphatic heterocycles. The fourth-order valence-electron chi connectivity index (χ4n) is 2.50. The molecule has 2 aromatic carbocycles. The number of imide groups is 1. The molecule has 0 saturated carbocycles. The summed E-state index contributed by atoms with van der Waals surface area (Å²) in [4.78, 5) is 30.6. The number of amides is 2. The molecule has 0 spiro atoms. The molecule has 0 aliphatic carbocycles. The monoisotopic (exact) mass is 418 g/mol. The molecular formula is C18H12Cl2N4O2S. The van der Waals surface area contributed by atoms with Crippen LogP contribution in [0.1, 0.15) is 6.42 Å². The molecule has 1 heterocycles. The second kappa shape index (κ2) is 8.44. The first kappa shape index (κ1) is 19.2. The van der Waals surface area contributed by atoms with Crippen LogP contribution in [-0.2, 0) is 9.59 Å². The van der Waals surface area contributed by atoms with Crippen LogP contribution >= 0.6 is 35.0 Å². The van der Waals surface area contributed by atoms with Crippen LogP contribution in [-0.4, -0.2) is 22.2 Å². The zero-order chi connectivity index (χ0) is 19.4. The lowest BCUT2D eigenvalue weighted by Gasteiger charge is -2.17. The number of carbonyl (C=O) groups excluding carboxylic acids is 2. The topological polar surface area (TPSA) is 85.6 Å². The fourth-order valence-corrected chi connectivity index (χ4v) is 3.84. The number of halogens is 2. The van der Waals surface area contributed by atoms with Crippen molar-refractivity contribution in [1.29, 1.82) is 5.26 Å². The number of anilines is 1. The number of hydrogen-bond donors (Lipinski definition) is 1. The van der Waals surface area contributed by atoms with Gasteiger partial charge in [0.15, 0.2) is 11.4 Å². The molecule has 0 bridgehead atoms. The van der Waals surface area contributed by atoms with Crippen LogP contribution in [0.4, 0.5) is 11.4 Å². The second-order valence-corrected chi connectivity index (χ2v) is 7.42. The van der Waals surface area contributed by atoms with E-state index < -0.39 is 17.1 Å². The van der Waals surface area contributed by atoms with Crippen LogP contribution in [0.3, 0.4) is 0 Å². The minimum absolute atomic E-state index is 0.0345. The summed E-state index contributed by atoms with van der Waals surface area (Å²) in [6, 6.07) is 13.7. The normalized spacial score (nSPS) is 17.1. The van der Waals surface area contributed by atoms with Crippen molar-refractivity contribution in [3.63, 3.8) is 0 Å². The standard InChI is InChI=1S/C18H12Cl2N4O2S/c19-12-7-4-8-13(16(12)20)24-15(25)9-14(17(24)26)27-18(22-10-21)23-11-5-2-1-3-6-11/h1-8,14H,9H2,(H,22,23). The van der Waals surface area contributed by atoms with Gasteiger partial charge in [0.2, 0.25) is 11.8 Å². The summed E-state index contributed by atoms with van der Waals surface area (Å²) in [7, 11) is 0. The summed E-state index contributed by atoms with van der Waals surface area (Å²) in [6.45, 7) is 0. The van der Waals surface area contributed by atoms with Gasteiger partial charge in [-0.05, 0) is 24.3 Å². The number of para-hydroxylation sites is 1. The van der Waals surface area contributed by atoms with E-state index in [1.165, 1.54) is 0 Å². The number of thioether (sulfide) groups is 1. The van der Waals surface area contributed by atoms with Crippen LogP contribution in [0.5, 0.6) is 0 Å². The molecule has 27 heavy (non-hydrogen) atoms. The predicted molar refractivity (Wildman–Crippen MR) is 107 cm³/mol. The van der Waals surface area contributed by atoms with Crippen molar-refractivity contribution in [2.45, 2.75) is 11.7 Å². The van der Waals surface area contributed by atoms with Crippen molar-refractivity contribution < 1.29 is 9.59 Å². The molecule has 6 nitrogen and oxygen atoms in total. The summed E-state index contributed by atoms with van der Waals surface area (Å²) in [5.74, 6) is -0.827. The number of aliphatic imine (C=N–C) groups is 1. The molecular weight excluding hydrogens is 407 g/mol. The number of nitrogens with one attached hydrogen (secondary N) is 1. The second-order valence-electron chi connectivity index (χ2n) is 5.44. The molecule has 1 saturated heterocycles. The van der Waals surface area contributed by atoms with E-state index in [-0.39, 0.29) is 27.3 Å². The lowest BCUT2D eigenvalue weighted by Crippen LogP contribution is -2.32.